The van der Waals surface area contributed by atoms with Gasteiger partial charge in [0.1, 0.15) is 6.61 Å². The molecule has 2 aromatic rings. The van der Waals surface area contributed by atoms with Crippen molar-refractivity contribution in [2.24, 2.45) is 0 Å². The second-order valence-electron chi connectivity index (χ2n) is 4.97. The average Bonchev–Trinajstić information content (AvgIpc) is 2.91. The van der Waals surface area contributed by atoms with Crippen LogP contribution in [0.15, 0.2) is 32.8 Å². The largest absolute Gasteiger partial charge is 0.411 e. The molecule has 0 bridgehead atoms. The zero-order valence-electron chi connectivity index (χ0n) is 13.0. The summed E-state index contributed by atoms with van der Waals surface area (Å²) in [6.45, 7) is 0.226. The lowest BCUT2D eigenvalue weighted by Gasteiger charge is -2.09. The van der Waals surface area contributed by atoms with E-state index >= 15 is 0 Å². The van der Waals surface area contributed by atoms with Gasteiger partial charge >= 0.3 is 6.18 Å². The smallest absolute Gasteiger partial charge is 0.372 e. The van der Waals surface area contributed by atoms with Crippen molar-refractivity contribution in [1.82, 2.24) is 4.98 Å². The molecular formula is C15H14ClF3N2O2S2. The Morgan fingerprint density at radius 1 is 1.44 bits per heavy atom. The van der Waals surface area contributed by atoms with E-state index < -0.39 is 18.7 Å². The third-order valence-electron chi connectivity index (χ3n) is 2.75. The summed E-state index contributed by atoms with van der Waals surface area (Å²) in [6, 6.07) is 5.00. The van der Waals surface area contributed by atoms with Gasteiger partial charge in [-0.2, -0.15) is 13.2 Å². The number of aromatic nitrogens is 1. The van der Waals surface area contributed by atoms with Crippen molar-refractivity contribution in [3.8, 4) is 0 Å². The lowest BCUT2D eigenvalue weighted by atomic mass is 10.3. The van der Waals surface area contributed by atoms with Crippen LogP contribution < -0.4 is 5.32 Å². The van der Waals surface area contributed by atoms with E-state index in [9.17, 15) is 18.0 Å². The van der Waals surface area contributed by atoms with E-state index in [1.165, 1.54) is 23.1 Å². The quantitative estimate of drug-likeness (QED) is 0.640. The molecule has 0 radical (unpaired) electrons. The maximum absolute atomic E-state index is 11.9. The Labute approximate surface area is 155 Å². The number of nitrogens with one attached hydrogen (secondary N) is 1. The predicted molar refractivity (Wildman–Crippen MR) is 92.5 cm³/mol. The third-order valence-corrected chi connectivity index (χ3v) is 5.31. The van der Waals surface area contributed by atoms with Gasteiger partial charge in [-0.15, -0.1) is 11.3 Å². The Morgan fingerprint density at radius 3 is 2.80 bits per heavy atom. The second kappa shape index (κ2) is 8.88. The molecule has 0 unspecified atom stereocenters. The lowest BCUT2D eigenvalue weighted by molar-refractivity contribution is -0.174. The van der Waals surface area contributed by atoms with Crippen molar-refractivity contribution in [2.75, 3.05) is 18.5 Å². The zero-order chi connectivity index (χ0) is 18.4. The fourth-order valence-electron chi connectivity index (χ4n) is 1.71. The minimum Gasteiger partial charge on any atom is -0.372 e. The molecule has 1 aromatic heterocycles. The predicted octanol–water partition coefficient (Wildman–Crippen LogP) is 5.16. The Kier molecular flexibility index (Phi) is 7.12. The van der Waals surface area contributed by atoms with Gasteiger partial charge in [0.25, 0.3) is 0 Å². The van der Waals surface area contributed by atoms with Gasteiger partial charge in [-0.3, -0.25) is 4.79 Å². The van der Waals surface area contributed by atoms with Crippen molar-refractivity contribution in [2.45, 2.75) is 28.8 Å². The zero-order valence-corrected chi connectivity index (χ0v) is 15.4. The number of hydrogen-bond acceptors (Lipinski definition) is 5. The number of halogens is 4. The molecule has 1 aromatic carbocycles. The molecule has 10 heteroatoms. The number of aryl methyl sites for hydroxylation is 1. The SMILES string of the molecule is Cc1csc(Sc2ccc(NC(=O)CCOCC(F)(F)F)cc2Cl)n1. The number of nitrogens with zero attached hydrogens (tertiary/aromatic N) is 1. The van der Waals surface area contributed by atoms with Gasteiger partial charge in [0, 0.05) is 21.7 Å². The van der Waals surface area contributed by atoms with Crippen LogP contribution in [0.2, 0.25) is 5.02 Å². The number of amides is 1. The summed E-state index contributed by atoms with van der Waals surface area (Å²) in [6.07, 6.45) is -4.57. The molecule has 1 amide bonds. The maximum atomic E-state index is 11.9. The summed E-state index contributed by atoms with van der Waals surface area (Å²) in [5.74, 6) is -0.450. The van der Waals surface area contributed by atoms with Crippen LogP contribution in [0, 0.1) is 6.92 Å². The number of ether oxygens (including phenoxy) is 1. The van der Waals surface area contributed by atoms with E-state index in [1.54, 1.807) is 18.2 Å². The Bertz CT molecular complexity index is 738. The molecule has 0 spiro atoms. The molecule has 2 rings (SSSR count). The standard InChI is InChI=1S/C15H14ClF3N2O2S2/c1-9-7-24-14(20-9)25-12-3-2-10(6-11(12)16)21-13(22)4-5-23-8-15(17,18)19/h2-3,6-7H,4-5,8H2,1H3,(H,21,22). The van der Waals surface area contributed by atoms with Crippen LogP contribution in [0.5, 0.6) is 0 Å². The first-order valence-electron chi connectivity index (χ1n) is 7.07. The summed E-state index contributed by atoms with van der Waals surface area (Å²) in [5.41, 5.74) is 1.39. The van der Waals surface area contributed by atoms with Gasteiger partial charge in [-0.1, -0.05) is 23.4 Å². The fraction of sp³-hybridized carbons (Fsp3) is 0.333. The van der Waals surface area contributed by atoms with Crippen LogP contribution in [0.4, 0.5) is 18.9 Å². The lowest BCUT2D eigenvalue weighted by Crippen LogP contribution is -2.20. The molecule has 0 aliphatic heterocycles. The monoisotopic (exact) mass is 410 g/mol. The number of thiazole rings is 1. The molecule has 1 N–H and O–H groups in total. The number of rotatable bonds is 7. The minimum absolute atomic E-state index is 0.178. The highest BCUT2D eigenvalue weighted by Crippen LogP contribution is 2.36. The first kappa shape index (κ1) is 20.0. The normalized spacial score (nSPS) is 11.6. The van der Waals surface area contributed by atoms with E-state index in [0.29, 0.717) is 10.7 Å². The molecule has 4 nitrogen and oxygen atoms in total. The topological polar surface area (TPSA) is 51.2 Å². The first-order chi connectivity index (χ1) is 11.7. The Hall–Kier alpha value is -1.29. The molecule has 0 aliphatic carbocycles. The van der Waals surface area contributed by atoms with Gasteiger partial charge in [0.2, 0.25) is 5.91 Å². The molecule has 0 saturated carbocycles. The Morgan fingerprint density at radius 2 is 2.20 bits per heavy atom. The molecule has 0 fully saturated rings. The van der Waals surface area contributed by atoms with Crippen molar-refractivity contribution >= 4 is 46.3 Å². The van der Waals surface area contributed by atoms with Crippen LogP contribution >= 0.6 is 34.7 Å². The summed E-state index contributed by atoms with van der Waals surface area (Å²) in [5, 5.41) is 4.95. The maximum Gasteiger partial charge on any atom is 0.411 e. The number of benzene rings is 1. The van der Waals surface area contributed by atoms with Gasteiger partial charge in [-0.05, 0) is 25.1 Å². The van der Waals surface area contributed by atoms with Crippen LogP contribution in [0.3, 0.4) is 0 Å². The molecular weight excluding hydrogens is 397 g/mol. The van der Waals surface area contributed by atoms with Crippen molar-refractivity contribution in [3.05, 3.63) is 34.3 Å². The Balaban J connectivity index is 1.84. The summed E-state index contributed by atoms with van der Waals surface area (Å²) in [7, 11) is 0. The van der Waals surface area contributed by atoms with Crippen LogP contribution in [0.25, 0.3) is 0 Å². The molecule has 0 atom stereocenters. The summed E-state index contributed by atoms with van der Waals surface area (Å²) >= 11 is 9.13. The van der Waals surface area contributed by atoms with E-state index in [1.807, 2.05) is 12.3 Å². The van der Waals surface area contributed by atoms with E-state index in [4.69, 9.17) is 11.6 Å². The summed E-state index contributed by atoms with van der Waals surface area (Å²) in [4.78, 5) is 16.8. The average molecular weight is 411 g/mol. The minimum atomic E-state index is -4.40. The molecule has 0 saturated heterocycles. The molecule has 0 aliphatic rings. The van der Waals surface area contributed by atoms with Crippen LogP contribution in [-0.2, 0) is 9.53 Å². The van der Waals surface area contributed by atoms with Crippen LogP contribution in [0.1, 0.15) is 12.1 Å². The van der Waals surface area contributed by atoms with Gasteiger partial charge in [0.05, 0.1) is 18.1 Å². The third kappa shape index (κ3) is 7.23. The number of anilines is 1. The number of hydrogen-bond donors (Lipinski definition) is 1. The van der Waals surface area contributed by atoms with Crippen LogP contribution in [-0.4, -0.2) is 30.3 Å². The molecule has 25 heavy (non-hydrogen) atoms. The van der Waals surface area contributed by atoms with Gasteiger partial charge in [-0.25, -0.2) is 4.98 Å². The van der Waals surface area contributed by atoms with Gasteiger partial charge in [0.15, 0.2) is 4.34 Å². The van der Waals surface area contributed by atoms with Crippen molar-refractivity contribution in [3.63, 3.8) is 0 Å². The molecule has 1 heterocycles. The highest BCUT2D eigenvalue weighted by molar-refractivity contribution is 8.01. The van der Waals surface area contributed by atoms with E-state index in [-0.39, 0.29) is 13.0 Å². The van der Waals surface area contributed by atoms with Crippen molar-refractivity contribution in [1.29, 1.82) is 0 Å². The van der Waals surface area contributed by atoms with Gasteiger partial charge < -0.3 is 10.1 Å². The second-order valence-corrected chi connectivity index (χ2v) is 7.52. The van der Waals surface area contributed by atoms with Crippen molar-refractivity contribution < 1.29 is 22.7 Å². The molecule has 136 valence electrons. The van der Waals surface area contributed by atoms with E-state index in [0.717, 1.165) is 14.9 Å². The summed E-state index contributed by atoms with van der Waals surface area (Å²) < 4.78 is 41.0. The van der Waals surface area contributed by atoms with E-state index in [2.05, 4.69) is 15.0 Å². The number of alkyl halides is 3. The number of carbonyl (C=O) groups excluding carboxylic acids is 1. The highest BCUT2D eigenvalue weighted by atomic mass is 35.5. The highest BCUT2D eigenvalue weighted by Gasteiger charge is 2.27. The fourth-order valence-corrected chi connectivity index (χ4v) is 3.80. The number of carbonyl (C=O) groups is 1. The first-order valence-corrected chi connectivity index (χ1v) is 9.14.